The van der Waals surface area contributed by atoms with E-state index in [0.29, 0.717) is 30.4 Å². The van der Waals surface area contributed by atoms with Crippen LogP contribution in [0.2, 0.25) is 0 Å². The normalized spacial score (nSPS) is 10.0. The maximum absolute atomic E-state index is 8.62. The molecular formula is C14H14N2O2. The van der Waals surface area contributed by atoms with Crippen molar-refractivity contribution in [2.45, 2.75) is 19.8 Å². The molecule has 0 saturated heterocycles. The standard InChI is InChI=1S/C14H14N2O2/c1-11-13(7-9-15)16-14(18-11)8-10-17-12-5-3-2-4-6-12/h2-6H,7-8,10H2,1H3. The Kier molecular flexibility index (Phi) is 3.98. The first kappa shape index (κ1) is 12.2. The Morgan fingerprint density at radius 3 is 2.83 bits per heavy atom. The number of aryl methyl sites for hydroxylation is 1. The van der Waals surface area contributed by atoms with E-state index in [1.165, 1.54) is 0 Å². The highest BCUT2D eigenvalue weighted by Gasteiger charge is 2.08. The van der Waals surface area contributed by atoms with Crippen LogP contribution >= 0.6 is 0 Å². The predicted octanol–water partition coefficient (Wildman–Crippen LogP) is 2.67. The van der Waals surface area contributed by atoms with Crippen molar-refractivity contribution in [3.63, 3.8) is 0 Å². The first-order valence-corrected chi connectivity index (χ1v) is 5.79. The van der Waals surface area contributed by atoms with Gasteiger partial charge in [-0.05, 0) is 19.1 Å². The van der Waals surface area contributed by atoms with E-state index in [1.54, 1.807) is 0 Å². The van der Waals surface area contributed by atoms with Crippen LogP contribution in [0.5, 0.6) is 5.75 Å². The monoisotopic (exact) mass is 242 g/mol. The highest BCUT2D eigenvalue weighted by Crippen LogP contribution is 2.12. The van der Waals surface area contributed by atoms with Crippen molar-refractivity contribution in [3.8, 4) is 11.8 Å². The maximum Gasteiger partial charge on any atom is 0.198 e. The van der Waals surface area contributed by atoms with Gasteiger partial charge in [0.25, 0.3) is 0 Å². The Morgan fingerprint density at radius 2 is 2.11 bits per heavy atom. The van der Waals surface area contributed by atoms with Crippen molar-refractivity contribution < 1.29 is 9.15 Å². The number of hydrogen-bond acceptors (Lipinski definition) is 4. The molecule has 2 aromatic rings. The minimum absolute atomic E-state index is 0.287. The lowest BCUT2D eigenvalue weighted by Gasteiger charge is -2.03. The zero-order chi connectivity index (χ0) is 12.8. The molecular weight excluding hydrogens is 228 g/mol. The molecule has 1 aromatic carbocycles. The van der Waals surface area contributed by atoms with Crippen LogP contribution in [0.25, 0.3) is 0 Å². The van der Waals surface area contributed by atoms with Crippen LogP contribution in [0.1, 0.15) is 17.3 Å². The average Bonchev–Trinajstić information content (AvgIpc) is 2.72. The topological polar surface area (TPSA) is 59.1 Å². The molecule has 0 unspecified atom stereocenters. The van der Waals surface area contributed by atoms with Gasteiger partial charge in [-0.15, -0.1) is 0 Å². The Morgan fingerprint density at radius 1 is 1.33 bits per heavy atom. The van der Waals surface area contributed by atoms with E-state index >= 15 is 0 Å². The third-order valence-corrected chi connectivity index (χ3v) is 2.51. The van der Waals surface area contributed by atoms with Crippen LogP contribution in [-0.4, -0.2) is 11.6 Å². The number of para-hydroxylation sites is 1. The third kappa shape index (κ3) is 3.11. The fourth-order valence-electron chi connectivity index (χ4n) is 1.61. The number of nitrogens with zero attached hydrogens (tertiary/aromatic N) is 2. The molecule has 0 spiro atoms. The molecule has 0 radical (unpaired) electrons. The predicted molar refractivity (Wildman–Crippen MR) is 66.2 cm³/mol. The number of ether oxygens (including phenoxy) is 1. The fourth-order valence-corrected chi connectivity index (χ4v) is 1.61. The van der Waals surface area contributed by atoms with Gasteiger partial charge in [-0.3, -0.25) is 0 Å². The minimum atomic E-state index is 0.287. The summed E-state index contributed by atoms with van der Waals surface area (Å²) in [4.78, 5) is 4.26. The Hall–Kier alpha value is -2.28. The largest absolute Gasteiger partial charge is 0.493 e. The van der Waals surface area contributed by atoms with Gasteiger partial charge in [0.15, 0.2) is 5.89 Å². The zero-order valence-electron chi connectivity index (χ0n) is 10.2. The quantitative estimate of drug-likeness (QED) is 0.808. The second-order valence-electron chi connectivity index (χ2n) is 3.86. The molecule has 1 heterocycles. The van der Waals surface area contributed by atoms with Crippen LogP contribution in [0, 0.1) is 18.3 Å². The van der Waals surface area contributed by atoms with Crippen molar-refractivity contribution >= 4 is 0 Å². The van der Waals surface area contributed by atoms with Crippen molar-refractivity contribution in [1.29, 1.82) is 5.26 Å². The van der Waals surface area contributed by atoms with Gasteiger partial charge in [0.1, 0.15) is 11.5 Å². The van der Waals surface area contributed by atoms with E-state index in [9.17, 15) is 0 Å². The molecule has 0 atom stereocenters. The lowest BCUT2D eigenvalue weighted by atomic mass is 10.3. The van der Waals surface area contributed by atoms with Gasteiger partial charge in [0.2, 0.25) is 0 Å². The smallest absolute Gasteiger partial charge is 0.198 e. The second-order valence-corrected chi connectivity index (χ2v) is 3.86. The maximum atomic E-state index is 8.62. The zero-order valence-corrected chi connectivity index (χ0v) is 10.2. The molecule has 4 nitrogen and oxygen atoms in total. The number of nitriles is 1. The summed E-state index contributed by atoms with van der Waals surface area (Å²) in [5.74, 6) is 2.16. The molecule has 0 N–H and O–H groups in total. The number of hydrogen-bond donors (Lipinski definition) is 0. The number of benzene rings is 1. The van der Waals surface area contributed by atoms with E-state index in [2.05, 4.69) is 11.1 Å². The molecule has 4 heteroatoms. The van der Waals surface area contributed by atoms with Crippen molar-refractivity contribution in [1.82, 2.24) is 4.98 Å². The van der Waals surface area contributed by atoms with Crippen LogP contribution in [0.3, 0.4) is 0 Å². The summed E-state index contributed by atoms with van der Waals surface area (Å²) in [7, 11) is 0. The Bertz CT molecular complexity index is 541. The van der Waals surface area contributed by atoms with Gasteiger partial charge < -0.3 is 9.15 Å². The lowest BCUT2D eigenvalue weighted by molar-refractivity contribution is 0.304. The minimum Gasteiger partial charge on any atom is -0.493 e. The SMILES string of the molecule is Cc1oc(CCOc2ccccc2)nc1CC#N. The van der Waals surface area contributed by atoms with Crippen LogP contribution in [-0.2, 0) is 12.8 Å². The van der Waals surface area contributed by atoms with E-state index in [-0.39, 0.29) is 6.42 Å². The Labute approximate surface area is 106 Å². The van der Waals surface area contributed by atoms with Crippen molar-refractivity contribution in [2.24, 2.45) is 0 Å². The Balaban J connectivity index is 1.87. The molecule has 1 aromatic heterocycles. The van der Waals surface area contributed by atoms with E-state index in [4.69, 9.17) is 14.4 Å². The molecule has 18 heavy (non-hydrogen) atoms. The first-order chi connectivity index (χ1) is 8.79. The van der Waals surface area contributed by atoms with Gasteiger partial charge in [-0.1, -0.05) is 18.2 Å². The summed E-state index contributed by atoms with van der Waals surface area (Å²) < 4.78 is 11.0. The fraction of sp³-hybridized carbons (Fsp3) is 0.286. The van der Waals surface area contributed by atoms with Gasteiger partial charge in [-0.2, -0.15) is 5.26 Å². The molecule has 2 rings (SSSR count). The third-order valence-electron chi connectivity index (χ3n) is 2.51. The van der Waals surface area contributed by atoms with Gasteiger partial charge >= 0.3 is 0 Å². The summed E-state index contributed by atoms with van der Waals surface area (Å²) in [6.45, 7) is 2.33. The van der Waals surface area contributed by atoms with Crippen LogP contribution in [0.15, 0.2) is 34.7 Å². The summed E-state index contributed by atoms with van der Waals surface area (Å²) in [5.41, 5.74) is 0.715. The van der Waals surface area contributed by atoms with Crippen LogP contribution < -0.4 is 4.74 Å². The molecule has 0 saturated carbocycles. The lowest BCUT2D eigenvalue weighted by Crippen LogP contribution is -2.01. The van der Waals surface area contributed by atoms with Crippen molar-refractivity contribution in [3.05, 3.63) is 47.7 Å². The molecule has 0 fully saturated rings. The van der Waals surface area contributed by atoms with E-state index in [0.717, 1.165) is 5.75 Å². The second kappa shape index (κ2) is 5.87. The van der Waals surface area contributed by atoms with Gasteiger partial charge in [0, 0.05) is 0 Å². The molecule has 0 aliphatic carbocycles. The molecule has 0 aliphatic heterocycles. The number of oxazole rings is 1. The van der Waals surface area contributed by atoms with Crippen molar-refractivity contribution in [2.75, 3.05) is 6.61 Å². The molecule has 0 bridgehead atoms. The average molecular weight is 242 g/mol. The number of rotatable bonds is 5. The highest BCUT2D eigenvalue weighted by molar-refractivity contribution is 5.21. The highest BCUT2D eigenvalue weighted by atomic mass is 16.5. The number of aromatic nitrogens is 1. The summed E-state index contributed by atoms with van der Waals surface area (Å²) >= 11 is 0. The molecule has 92 valence electrons. The summed E-state index contributed by atoms with van der Waals surface area (Å²) in [6.07, 6.45) is 0.885. The summed E-state index contributed by atoms with van der Waals surface area (Å²) in [5, 5.41) is 8.62. The molecule has 0 amide bonds. The van der Waals surface area contributed by atoms with E-state index < -0.39 is 0 Å². The van der Waals surface area contributed by atoms with Crippen LogP contribution in [0.4, 0.5) is 0 Å². The van der Waals surface area contributed by atoms with E-state index in [1.807, 2.05) is 37.3 Å². The first-order valence-electron chi connectivity index (χ1n) is 5.79. The molecule has 0 aliphatic rings. The summed E-state index contributed by atoms with van der Waals surface area (Å²) in [6, 6.07) is 11.7. The van der Waals surface area contributed by atoms with Gasteiger partial charge in [-0.25, -0.2) is 4.98 Å². The van der Waals surface area contributed by atoms with Gasteiger partial charge in [0.05, 0.1) is 31.2 Å².